The number of nitrogens with one attached hydrogen (secondary N) is 1. The first-order chi connectivity index (χ1) is 5.06. The van der Waals surface area contributed by atoms with Crippen molar-refractivity contribution < 1.29 is 9.84 Å². The SMILES string of the molecule is CCNCCOCC(C)(C)O. The summed E-state index contributed by atoms with van der Waals surface area (Å²) in [6.07, 6.45) is 0. The number of likely N-dealkylation sites (N-methyl/N-ethyl adjacent to an activating group) is 1. The van der Waals surface area contributed by atoms with E-state index >= 15 is 0 Å². The molecule has 0 aliphatic carbocycles. The van der Waals surface area contributed by atoms with Crippen molar-refractivity contribution in [2.24, 2.45) is 0 Å². The molecule has 0 spiro atoms. The fourth-order valence-electron chi connectivity index (χ4n) is 0.643. The average Bonchev–Trinajstić information content (AvgIpc) is 1.85. The van der Waals surface area contributed by atoms with Crippen molar-refractivity contribution in [3.63, 3.8) is 0 Å². The molecule has 68 valence electrons. The van der Waals surface area contributed by atoms with Crippen LogP contribution in [0.2, 0.25) is 0 Å². The van der Waals surface area contributed by atoms with Gasteiger partial charge >= 0.3 is 0 Å². The van der Waals surface area contributed by atoms with E-state index in [2.05, 4.69) is 12.2 Å². The molecule has 0 fully saturated rings. The fraction of sp³-hybridized carbons (Fsp3) is 1.00. The summed E-state index contributed by atoms with van der Waals surface area (Å²) in [5, 5.41) is 12.4. The van der Waals surface area contributed by atoms with Crippen LogP contribution in [0.3, 0.4) is 0 Å². The van der Waals surface area contributed by atoms with Gasteiger partial charge in [0.15, 0.2) is 0 Å². The molecule has 2 N–H and O–H groups in total. The zero-order valence-corrected chi connectivity index (χ0v) is 7.68. The number of rotatable bonds is 6. The maximum absolute atomic E-state index is 9.23. The van der Waals surface area contributed by atoms with E-state index in [0.717, 1.165) is 13.1 Å². The zero-order chi connectivity index (χ0) is 8.74. The first kappa shape index (κ1) is 10.9. The highest BCUT2D eigenvalue weighted by Gasteiger charge is 2.11. The Morgan fingerprint density at radius 3 is 2.55 bits per heavy atom. The highest BCUT2D eigenvalue weighted by molar-refractivity contribution is 4.62. The lowest BCUT2D eigenvalue weighted by atomic mass is 10.2. The van der Waals surface area contributed by atoms with Gasteiger partial charge < -0.3 is 15.2 Å². The molecule has 0 aliphatic rings. The molecular formula is C8H19NO2. The number of ether oxygens (including phenoxy) is 1. The number of hydrogen-bond acceptors (Lipinski definition) is 3. The summed E-state index contributed by atoms with van der Waals surface area (Å²) in [6, 6.07) is 0. The van der Waals surface area contributed by atoms with Crippen LogP contribution in [0, 0.1) is 0 Å². The Morgan fingerprint density at radius 2 is 2.09 bits per heavy atom. The molecule has 0 saturated heterocycles. The van der Waals surface area contributed by atoms with Gasteiger partial charge in [0.1, 0.15) is 0 Å². The van der Waals surface area contributed by atoms with Crippen molar-refractivity contribution in [1.82, 2.24) is 5.32 Å². The van der Waals surface area contributed by atoms with E-state index in [0.29, 0.717) is 13.2 Å². The van der Waals surface area contributed by atoms with Crippen LogP contribution in [0.15, 0.2) is 0 Å². The van der Waals surface area contributed by atoms with Crippen molar-refractivity contribution in [3.05, 3.63) is 0 Å². The van der Waals surface area contributed by atoms with Crippen molar-refractivity contribution in [1.29, 1.82) is 0 Å². The van der Waals surface area contributed by atoms with Crippen molar-refractivity contribution in [3.8, 4) is 0 Å². The molecule has 0 radical (unpaired) electrons. The summed E-state index contributed by atoms with van der Waals surface area (Å²) in [6.45, 7) is 8.41. The van der Waals surface area contributed by atoms with Crippen LogP contribution in [-0.2, 0) is 4.74 Å². The molecule has 0 aromatic heterocycles. The second-order valence-corrected chi connectivity index (χ2v) is 3.22. The predicted molar refractivity (Wildman–Crippen MR) is 45.7 cm³/mol. The molecule has 0 saturated carbocycles. The van der Waals surface area contributed by atoms with E-state index in [1.54, 1.807) is 13.8 Å². The van der Waals surface area contributed by atoms with E-state index < -0.39 is 5.60 Å². The Hall–Kier alpha value is -0.120. The van der Waals surface area contributed by atoms with E-state index in [9.17, 15) is 5.11 Å². The van der Waals surface area contributed by atoms with Crippen LogP contribution >= 0.6 is 0 Å². The molecule has 0 aromatic carbocycles. The van der Waals surface area contributed by atoms with Crippen LogP contribution in [0.25, 0.3) is 0 Å². The zero-order valence-electron chi connectivity index (χ0n) is 7.68. The smallest absolute Gasteiger partial charge is 0.0824 e. The quantitative estimate of drug-likeness (QED) is 0.553. The Morgan fingerprint density at radius 1 is 1.45 bits per heavy atom. The predicted octanol–water partition coefficient (Wildman–Crippen LogP) is 0.383. The monoisotopic (exact) mass is 161 g/mol. The highest BCUT2D eigenvalue weighted by Crippen LogP contribution is 1.99. The van der Waals surface area contributed by atoms with Gasteiger partial charge in [-0.3, -0.25) is 0 Å². The summed E-state index contributed by atoms with van der Waals surface area (Å²) in [5.74, 6) is 0. The summed E-state index contributed by atoms with van der Waals surface area (Å²) in [4.78, 5) is 0. The summed E-state index contributed by atoms with van der Waals surface area (Å²) < 4.78 is 5.19. The van der Waals surface area contributed by atoms with Crippen LogP contribution in [-0.4, -0.2) is 37.0 Å². The minimum absolute atomic E-state index is 0.401. The Labute approximate surface area is 68.8 Å². The Kier molecular flexibility index (Phi) is 5.46. The molecular weight excluding hydrogens is 142 g/mol. The fourth-order valence-corrected chi connectivity index (χ4v) is 0.643. The lowest BCUT2D eigenvalue weighted by Crippen LogP contribution is -2.28. The highest BCUT2D eigenvalue weighted by atomic mass is 16.5. The van der Waals surface area contributed by atoms with Crippen LogP contribution in [0.4, 0.5) is 0 Å². The third-order valence-corrected chi connectivity index (χ3v) is 1.13. The third-order valence-electron chi connectivity index (χ3n) is 1.13. The standard InChI is InChI=1S/C8H19NO2/c1-4-9-5-6-11-7-8(2,3)10/h9-10H,4-7H2,1-3H3. The largest absolute Gasteiger partial charge is 0.388 e. The maximum atomic E-state index is 9.23. The molecule has 0 aliphatic heterocycles. The van der Waals surface area contributed by atoms with Crippen LogP contribution in [0.5, 0.6) is 0 Å². The van der Waals surface area contributed by atoms with Gasteiger partial charge in [0.25, 0.3) is 0 Å². The van der Waals surface area contributed by atoms with E-state index in [1.165, 1.54) is 0 Å². The lowest BCUT2D eigenvalue weighted by Gasteiger charge is -2.16. The van der Waals surface area contributed by atoms with Gasteiger partial charge in [-0.25, -0.2) is 0 Å². The first-order valence-corrected chi connectivity index (χ1v) is 4.07. The third kappa shape index (κ3) is 9.88. The van der Waals surface area contributed by atoms with Gasteiger partial charge in [-0.2, -0.15) is 0 Å². The van der Waals surface area contributed by atoms with Crippen LogP contribution < -0.4 is 5.32 Å². The molecule has 0 atom stereocenters. The average molecular weight is 161 g/mol. The first-order valence-electron chi connectivity index (χ1n) is 4.07. The van der Waals surface area contributed by atoms with Gasteiger partial charge in [-0.15, -0.1) is 0 Å². The maximum Gasteiger partial charge on any atom is 0.0824 e. The van der Waals surface area contributed by atoms with E-state index in [-0.39, 0.29) is 0 Å². The van der Waals surface area contributed by atoms with Crippen molar-refractivity contribution in [2.75, 3.05) is 26.3 Å². The van der Waals surface area contributed by atoms with Gasteiger partial charge in [0.05, 0.1) is 18.8 Å². The van der Waals surface area contributed by atoms with Gasteiger partial charge in [-0.05, 0) is 20.4 Å². The molecule has 0 bridgehead atoms. The van der Waals surface area contributed by atoms with Gasteiger partial charge in [0.2, 0.25) is 0 Å². The molecule has 0 amide bonds. The molecule has 0 heterocycles. The second-order valence-electron chi connectivity index (χ2n) is 3.22. The van der Waals surface area contributed by atoms with E-state index in [1.807, 2.05) is 0 Å². The lowest BCUT2D eigenvalue weighted by molar-refractivity contribution is -0.0195. The van der Waals surface area contributed by atoms with Crippen molar-refractivity contribution in [2.45, 2.75) is 26.4 Å². The second kappa shape index (κ2) is 5.52. The number of aliphatic hydroxyl groups is 1. The molecule has 0 unspecified atom stereocenters. The summed E-state index contributed by atoms with van der Waals surface area (Å²) in [5.41, 5.74) is -0.702. The minimum atomic E-state index is -0.702. The van der Waals surface area contributed by atoms with Crippen molar-refractivity contribution >= 4 is 0 Å². The molecule has 11 heavy (non-hydrogen) atoms. The normalized spacial score (nSPS) is 12.0. The van der Waals surface area contributed by atoms with Gasteiger partial charge in [0, 0.05) is 6.54 Å². The molecule has 3 heteroatoms. The Bertz CT molecular complexity index is 88.6. The number of hydrogen-bond donors (Lipinski definition) is 2. The topological polar surface area (TPSA) is 41.5 Å². The summed E-state index contributed by atoms with van der Waals surface area (Å²) in [7, 11) is 0. The van der Waals surface area contributed by atoms with Gasteiger partial charge in [-0.1, -0.05) is 6.92 Å². The minimum Gasteiger partial charge on any atom is -0.388 e. The molecule has 0 aromatic rings. The molecule has 3 nitrogen and oxygen atoms in total. The Balaban J connectivity index is 3.02. The summed E-state index contributed by atoms with van der Waals surface area (Å²) >= 11 is 0. The van der Waals surface area contributed by atoms with E-state index in [4.69, 9.17) is 4.74 Å². The van der Waals surface area contributed by atoms with Crippen LogP contribution in [0.1, 0.15) is 20.8 Å². The molecule has 0 rings (SSSR count).